The van der Waals surface area contributed by atoms with E-state index in [4.69, 9.17) is 9.26 Å². The van der Waals surface area contributed by atoms with Crippen molar-refractivity contribution in [2.45, 2.75) is 32.6 Å². The zero-order valence-corrected chi connectivity index (χ0v) is 8.37. The molecule has 0 spiro atoms. The fourth-order valence-corrected chi connectivity index (χ4v) is 2.00. The Morgan fingerprint density at radius 2 is 2.21 bits per heavy atom. The summed E-state index contributed by atoms with van der Waals surface area (Å²) in [7, 11) is 0. The number of cyclic esters (lactones) is 1. The topological polar surface area (TPSA) is 52.3 Å². The third-order valence-electron chi connectivity index (χ3n) is 2.64. The van der Waals surface area contributed by atoms with Gasteiger partial charge in [-0.25, -0.2) is 0 Å². The third kappa shape index (κ3) is 1.52. The first-order valence-electron chi connectivity index (χ1n) is 4.77. The van der Waals surface area contributed by atoms with Crippen molar-refractivity contribution in [2.24, 2.45) is 0 Å². The Morgan fingerprint density at radius 3 is 2.79 bits per heavy atom. The minimum Gasteiger partial charge on any atom is -0.466 e. The Kier molecular flexibility index (Phi) is 2.27. The van der Waals surface area contributed by atoms with E-state index in [0.29, 0.717) is 13.0 Å². The molecule has 0 radical (unpaired) electrons. The summed E-state index contributed by atoms with van der Waals surface area (Å²) in [6.45, 7) is 4.30. The number of aryl methyl sites for hydroxylation is 2. The highest BCUT2D eigenvalue weighted by Gasteiger charge is 2.27. The van der Waals surface area contributed by atoms with E-state index in [1.807, 2.05) is 13.8 Å². The van der Waals surface area contributed by atoms with Crippen molar-refractivity contribution >= 4 is 5.97 Å². The van der Waals surface area contributed by atoms with Crippen LogP contribution in [0.5, 0.6) is 0 Å². The van der Waals surface area contributed by atoms with Crippen LogP contribution in [0.3, 0.4) is 0 Å². The number of esters is 1. The number of aromatic nitrogens is 1. The Balaban J connectivity index is 2.25. The van der Waals surface area contributed by atoms with Gasteiger partial charge in [-0.3, -0.25) is 4.79 Å². The Labute approximate surface area is 82.2 Å². The van der Waals surface area contributed by atoms with Crippen molar-refractivity contribution < 1.29 is 14.1 Å². The highest BCUT2D eigenvalue weighted by molar-refractivity contribution is 5.71. The SMILES string of the molecule is Cc1noc(C)c1C1CCOC(=O)C1. The van der Waals surface area contributed by atoms with Crippen molar-refractivity contribution in [3.05, 3.63) is 17.0 Å². The molecule has 14 heavy (non-hydrogen) atoms. The van der Waals surface area contributed by atoms with E-state index in [-0.39, 0.29) is 11.9 Å². The van der Waals surface area contributed by atoms with Gasteiger partial charge in [-0.1, -0.05) is 5.16 Å². The third-order valence-corrected chi connectivity index (χ3v) is 2.64. The number of hydrogen-bond donors (Lipinski definition) is 0. The minimum atomic E-state index is -0.124. The minimum absolute atomic E-state index is 0.124. The summed E-state index contributed by atoms with van der Waals surface area (Å²) in [4.78, 5) is 11.1. The van der Waals surface area contributed by atoms with Crippen LogP contribution in [-0.2, 0) is 9.53 Å². The molecule has 4 heteroatoms. The number of carbonyl (C=O) groups is 1. The summed E-state index contributed by atoms with van der Waals surface area (Å²) in [5.74, 6) is 0.922. The molecule has 2 heterocycles. The van der Waals surface area contributed by atoms with Crippen LogP contribution in [-0.4, -0.2) is 17.7 Å². The van der Waals surface area contributed by atoms with Gasteiger partial charge in [0.05, 0.1) is 18.7 Å². The van der Waals surface area contributed by atoms with Crippen molar-refractivity contribution in [3.63, 3.8) is 0 Å². The van der Waals surface area contributed by atoms with Crippen LogP contribution >= 0.6 is 0 Å². The van der Waals surface area contributed by atoms with E-state index in [1.165, 1.54) is 0 Å². The van der Waals surface area contributed by atoms with Crippen LogP contribution in [0, 0.1) is 13.8 Å². The highest BCUT2D eigenvalue weighted by atomic mass is 16.5. The number of nitrogens with zero attached hydrogens (tertiary/aromatic N) is 1. The Hall–Kier alpha value is -1.32. The predicted molar refractivity (Wildman–Crippen MR) is 48.9 cm³/mol. The molecular weight excluding hydrogens is 182 g/mol. The number of carbonyl (C=O) groups excluding carboxylic acids is 1. The van der Waals surface area contributed by atoms with Gasteiger partial charge in [-0.05, 0) is 20.3 Å². The van der Waals surface area contributed by atoms with E-state index in [0.717, 1.165) is 23.4 Å². The molecule has 1 unspecified atom stereocenters. The van der Waals surface area contributed by atoms with Gasteiger partial charge < -0.3 is 9.26 Å². The molecule has 0 amide bonds. The first-order chi connectivity index (χ1) is 6.68. The maximum Gasteiger partial charge on any atom is 0.306 e. The summed E-state index contributed by atoms with van der Waals surface area (Å²) in [6, 6.07) is 0. The molecule has 1 aliphatic heterocycles. The average Bonchev–Trinajstić information content (AvgIpc) is 2.46. The molecule has 2 rings (SSSR count). The van der Waals surface area contributed by atoms with E-state index in [2.05, 4.69) is 5.16 Å². The van der Waals surface area contributed by atoms with Gasteiger partial charge >= 0.3 is 5.97 Å². The molecule has 4 nitrogen and oxygen atoms in total. The molecule has 0 saturated carbocycles. The smallest absolute Gasteiger partial charge is 0.306 e. The van der Waals surface area contributed by atoms with Crippen molar-refractivity contribution in [2.75, 3.05) is 6.61 Å². The molecule has 1 atom stereocenters. The molecule has 1 aromatic heterocycles. The van der Waals surface area contributed by atoms with Crippen LogP contribution in [0.25, 0.3) is 0 Å². The molecule has 0 bridgehead atoms. The lowest BCUT2D eigenvalue weighted by atomic mass is 9.90. The standard InChI is InChI=1S/C10H13NO3/c1-6-10(7(2)14-11-6)8-3-4-13-9(12)5-8/h8H,3-5H2,1-2H3. The van der Waals surface area contributed by atoms with Gasteiger partial charge in [-0.2, -0.15) is 0 Å². The van der Waals surface area contributed by atoms with Crippen molar-refractivity contribution in [1.82, 2.24) is 5.16 Å². The number of rotatable bonds is 1. The molecule has 0 aromatic carbocycles. The zero-order chi connectivity index (χ0) is 10.1. The first-order valence-corrected chi connectivity index (χ1v) is 4.77. The maximum atomic E-state index is 11.1. The zero-order valence-electron chi connectivity index (χ0n) is 8.37. The Bertz CT molecular complexity index is 337. The molecule has 1 saturated heterocycles. The van der Waals surface area contributed by atoms with Gasteiger partial charge in [0, 0.05) is 11.5 Å². The van der Waals surface area contributed by atoms with Crippen LogP contribution < -0.4 is 0 Å². The second-order valence-corrected chi connectivity index (χ2v) is 3.65. The van der Waals surface area contributed by atoms with Gasteiger partial charge in [0.2, 0.25) is 0 Å². The van der Waals surface area contributed by atoms with E-state index in [1.54, 1.807) is 0 Å². The average molecular weight is 195 g/mol. The number of ether oxygens (including phenoxy) is 1. The summed E-state index contributed by atoms with van der Waals surface area (Å²) in [5, 5.41) is 3.89. The molecule has 1 aliphatic rings. The fraction of sp³-hybridized carbons (Fsp3) is 0.600. The van der Waals surface area contributed by atoms with Crippen molar-refractivity contribution in [3.8, 4) is 0 Å². The van der Waals surface area contributed by atoms with E-state index < -0.39 is 0 Å². The molecule has 0 aliphatic carbocycles. The monoisotopic (exact) mass is 195 g/mol. The summed E-state index contributed by atoms with van der Waals surface area (Å²) >= 11 is 0. The van der Waals surface area contributed by atoms with E-state index >= 15 is 0 Å². The predicted octanol–water partition coefficient (Wildman–Crippen LogP) is 1.71. The van der Waals surface area contributed by atoms with Crippen LogP contribution in [0.1, 0.15) is 35.8 Å². The van der Waals surface area contributed by atoms with Gasteiger partial charge in [0.1, 0.15) is 5.76 Å². The lowest BCUT2D eigenvalue weighted by Crippen LogP contribution is -2.20. The largest absolute Gasteiger partial charge is 0.466 e. The Morgan fingerprint density at radius 1 is 1.43 bits per heavy atom. The van der Waals surface area contributed by atoms with Crippen molar-refractivity contribution in [1.29, 1.82) is 0 Å². The molecule has 1 aromatic rings. The molecule has 1 fully saturated rings. The molecular formula is C10H13NO3. The summed E-state index contributed by atoms with van der Waals surface area (Å²) < 4.78 is 9.98. The van der Waals surface area contributed by atoms with E-state index in [9.17, 15) is 4.79 Å². The summed E-state index contributed by atoms with van der Waals surface area (Å²) in [6.07, 6.45) is 1.32. The lowest BCUT2D eigenvalue weighted by molar-refractivity contribution is -0.147. The maximum absolute atomic E-state index is 11.1. The molecule has 76 valence electrons. The highest BCUT2D eigenvalue weighted by Crippen LogP contribution is 2.31. The van der Waals surface area contributed by atoms with Crippen LogP contribution in [0.4, 0.5) is 0 Å². The number of hydrogen-bond acceptors (Lipinski definition) is 4. The quantitative estimate of drug-likeness (QED) is 0.640. The lowest BCUT2D eigenvalue weighted by Gasteiger charge is -2.20. The van der Waals surface area contributed by atoms with Gasteiger partial charge in [-0.15, -0.1) is 0 Å². The van der Waals surface area contributed by atoms with Gasteiger partial charge in [0.25, 0.3) is 0 Å². The summed E-state index contributed by atoms with van der Waals surface area (Å²) in [5.41, 5.74) is 1.98. The second-order valence-electron chi connectivity index (χ2n) is 3.65. The van der Waals surface area contributed by atoms with Gasteiger partial charge in [0.15, 0.2) is 0 Å². The normalized spacial score (nSPS) is 22.1. The second kappa shape index (κ2) is 3.44. The van der Waals surface area contributed by atoms with Crippen LogP contribution in [0.15, 0.2) is 4.52 Å². The first kappa shape index (κ1) is 9.24. The van der Waals surface area contributed by atoms with Crippen LogP contribution in [0.2, 0.25) is 0 Å². The molecule has 0 N–H and O–H groups in total. The fourth-order valence-electron chi connectivity index (χ4n) is 2.00.